The third kappa shape index (κ3) is 4.49. The van der Waals surface area contributed by atoms with Crippen molar-refractivity contribution in [3.63, 3.8) is 0 Å². The Labute approximate surface area is 203 Å². The highest BCUT2D eigenvalue weighted by molar-refractivity contribution is 5.88. The van der Waals surface area contributed by atoms with E-state index in [4.69, 9.17) is 4.74 Å². The molecular formula is C27H28N6O2. The summed E-state index contributed by atoms with van der Waals surface area (Å²) in [7, 11) is 0. The van der Waals surface area contributed by atoms with Crippen LogP contribution in [0.3, 0.4) is 0 Å². The summed E-state index contributed by atoms with van der Waals surface area (Å²) in [4.78, 5) is 29.3. The van der Waals surface area contributed by atoms with Gasteiger partial charge in [0.15, 0.2) is 0 Å². The van der Waals surface area contributed by atoms with Gasteiger partial charge in [-0.1, -0.05) is 12.1 Å². The summed E-state index contributed by atoms with van der Waals surface area (Å²) in [6.45, 7) is 4.37. The zero-order valence-electron chi connectivity index (χ0n) is 19.6. The highest BCUT2D eigenvalue weighted by atomic mass is 16.5. The average Bonchev–Trinajstić information content (AvgIpc) is 3.30. The molecule has 35 heavy (non-hydrogen) atoms. The Morgan fingerprint density at radius 1 is 1.14 bits per heavy atom. The van der Waals surface area contributed by atoms with Crippen molar-refractivity contribution in [3.05, 3.63) is 60.7 Å². The molecule has 0 unspecified atom stereocenters. The van der Waals surface area contributed by atoms with Gasteiger partial charge in [0, 0.05) is 36.3 Å². The number of esters is 1. The molecule has 2 fully saturated rings. The highest BCUT2D eigenvalue weighted by Crippen LogP contribution is 2.35. The van der Waals surface area contributed by atoms with Crippen molar-refractivity contribution in [2.75, 3.05) is 25.0 Å². The van der Waals surface area contributed by atoms with Crippen LogP contribution >= 0.6 is 0 Å². The van der Waals surface area contributed by atoms with E-state index in [9.17, 15) is 4.79 Å². The van der Waals surface area contributed by atoms with E-state index < -0.39 is 0 Å². The van der Waals surface area contributed by atoms with E-state index in [2.05, 4.69) is 42.7 Å². The molecule has 0 radical (unpaired) electrons. The van der Waals surface area contributed by atoms with Gasteiger partial charge in [-0.15, -0.1) is 0 Å². The summed E-state index contributed by atoms with van der Waals surface area (Å²) in [6.07, 6.45) is 5.41. The molecule has 0 bridgehead atoms. The normalized spacial score (nSPS) is 19.7. The van der Waals surface area contributed by atoms with Crippen LogP contribution in [0.4, 0.5) is 5.69 Å². The number of fused-ring (bicyclic) bond motifs is 1. The van der Waals surface area contributed by atoms with Gasteiger partial charge < -0.3 is 20.4 Å². The number of nitrogens with one attached hydrogen (secondary N) is 3. The van der Waals surface area contributed by atoms with E-state index in [1.807, 2.05) is 43.5 Å². The Morgan fingerprint density at radius 3 is 2.83 bits per heavy atom. The molecule has 3 aromatic heterocycles. The molecule has 1 aliphatic heterocycles. The minimum atomic E-state index is -0.0359. The Morgan fingerprint density at radius 2 is 2.03 bits per heavy atom. The number of carbonyl (C=O) groups is 1. The Bertz CT molecular complexity index is 1370. The number of benzene rings is 1. The number of nitrogens with zero attached hydrogens (tertiary/aromatic N) is 3. The summed E-state index contributed by atoms with van der Waals surface area (Å²) < 4.78 is 5.49. The van der Waals surface area contributed by atoms with Crippen LogP contribution in [-0.4, -0.2) is 51.6 Å². The fraction of sp³-hybridized carbons (Fsp3) is 0.333. The Hall–Kier alpha value is -3.78. The van der Waals surface area contributed by atoms with E-state index in [-0.39, 0.29) is 18.0 Å². The van der Waals surface area contributed by atoms with Crippen LogP contribution in [0, 0.1) is 18.8 Å². The molecule has 3 N–H and O–H groups in total. The second-order valence-corrected chi connectivity index (χ2v) is 9.55. The lowest BCUT2D eigenvalue weighted by Gasteiger charge is -2.36. The van der Waals surface area contributed by atoms with Gasteiger partial charge in [0.1, 0.15) is 6.10 Å². The number of ether oxygens (including phenoxy) is 1. The standard InChI is InChI=1S/C27H28N6O2/c1-16-3-2-4-24(33-16)26-25(31-15-32-26)18-5-6-23-19(9-18)10-21(12-30-23)29-11-17-7-20(8-17)27(34)35-22-13-28-14-22/h2-6,9-10,12,15,17,20,22,28-29H,7-8,11,13-14H2,1H3,(H,31,32). The molecule has 178 valence electrons. The summed E-state index contributed by atoms with van der Waals surface area (Å²) in [5, 5.41) is 7.67. The number of rotatable bonds is 7. The second kappa shape index (κ2) is 9.11. The minimum absolute atomic E-state index is 0.0359. The lowest BCUT2D eigenvalue weighted by molar-refractivity contribution is -0.161. The lowest BCUT2D eigenvalue weighted by Crippen LogP contribution is -2.50. The first-order valence-corrected chi connectivity index (χ1v) is 12.1. The molecule has 4 heterocycles. The van der Waals surface area contributed by atoms with Gasteiger partial charge in [-0.3, -0.25) is 14.8 Å². The predicted octanol–water partition coefficient (Wildman–Crippen LogP) is 3.95. The van der Waals surface area contributed by atoms with Crippen LogP contribution in [-0.2, 0) is 9.53 Å². The lowest BCUT2D eigenvalue weighted by atomic mass is 9.75. The van der Waals surface area contributed by atoms with Crippen molar-refractivity contribution in [1.29, 1.82) is 0 Å². The highest BCUT2D eigenvalue weighted by Gasteiger charge is 2.37. The number of aromatic amines is 1. The monoisotopic (exact) mass is 468 g/mol. The quantitative estimate of drug-likeness (QED) is 0.353. The number of pyridine rings is 2. The largest absolute Gasteiger partial charge is 0.459 e. The molecule has 1 aliphatic carbocycles. The molecule has 0 amide bonds. The smallest absolute Gasteiger partial charge is 0.309 e. The summed E-state index contributed by atoms with van der Waals surface area (Å²) >= 11 is 0. The van der Waals surface area contributed by atoms with E-state index in [1.165, 1.54) is 0 Å². The number of imidazole rings is 1. The van der Waals surface area contributed by atoms with Gasteiger partial charge >= 0.3 is 5.97 Å². The SMILES string of the molecule is Cc1cccc(-c2[nH]cnc2-c2ccc3ncc(NCC4CC(C(=O)OC5CNC5)C4)cc3c2)n1. The molecule has 2 aliphatic rings. The van der Waals surface area contributed by atoms with Gasteiger partial charge in [0.2, 0.25) is 0 Å². The summed E-state index contributed by atoms with van der Waals surface area (Å²) in [5.74, 6) is 0.486. The van der Waals surface area contributed by atoms with Crippen LogP contribution in [0.25, 0.3) is 33.5 Å². The molecule has 4 aromatic rings. The third-order valence-corrected chi connectivity index (χ3v) is 6.93. The van der Waals surface area contributed by atoms with E-state index >= 15 is 0 Å². The summed E-state index contributed by atoms with van der Waals surface area (Å²) in [6, 6.07) is 14.3. The van der Waals surface area contributed by atoms with Gasteiger partial charge in [-0.2, -0.15) is 0 Å². The fourth-order valence-corrected chi connectivity index (χ4v) is 4.73. The maximum atomic E-state index is 12.2. The number of anilines is 1. The number of aryl methyl sites for hydroxylation is 1. The third-order valence-electron chi connectivity index (χ3n) is 6.93. The molecule has 8 heteroatoms. The van der Waals surface area contributed by atoms with Gasteiger partial charge in [-0.25, -0.2) is 4.98 Å². The minimum Gasteiger partial charge on any atom is -0.459 e. The zero-order valence-corrected chi connectivity index (χ0v) is 19.6. The van der Waals surface area contributed by atoms with Crippen molar-refractivity contribution >= 4 is 22.6 Å². The molecule has 8 nitrogen and oxygen atoms in total. The second-order valence-electron chi connectivity index (χ2n) is 9.55. The van der Waals surface area contributed by atoms with Crippen LogP contribution in [0.2, 0.25) is 0 Å². The number of hydrogen-bond acceptors (Lipinski definition) is 7. The first-order valence-electron chi connectivity index (χ1n) is 12.1. The topological polar surface area (TPSA) is 105 Å². The Balaban J connectivity index is 1.13. The van der Waals surface area contributed by atoms with Crippen molar-refractivity contribution in [2.24, 2.45) is 11.8 Å². The number of hydrogen-bond donors (Lipinski definition) is 3. The van der Waals surface area contributed by atoms with Crippen LogP contribution < -0.4 is 10.6 Å². The first-order chi connectivity index (χ1) is 17.1. The Kier molecular flexibility index (Phi) is 5.66. The molecule has 1 saturated carbocycles. The van der Waals surface area contributed by atoms with Crippen LogP contribution in [0.1, 0.15) is 18.5 Å². The molecule has 0 spiro atoms. The number of aromatic nitrogens is 4. The average molecular weight is 469 g/mol. The van der Waals surface area contributed by atoms with Crippen LogP contribution in [0.5, 0.6) is 0 Å². The van der Waals surface area contributed by atoms with Crippen molar-refractivity contribution in [3.8, 4) is 22.6 Å². The molecule has 0 atom stereocenters. The van der Waals surface area contributed by atoms with Gasteiger partial charge in [0.25, 0.3) is 0 Å². The molecular weight excluding hydrogens is 440 g/mol. The van der Waals surface area contributed by atoms with Gasteiger partial charge in [-0.05, 0) is 56.0 Å². The summed E-state index contributed by atoms with van der Waals surface area (Å²) in [5.41, 5.74) is 6.53. The maximum absolute atomic E-state index is 12.2. The van der Waals surface area contributed by atoms with Crippen molar-refractivity contribution in [2.45, 2.75) is 25.9 Å². The van der Waals surface area contributed by atoms with Crippen molar-refractivity contribution in [1.82, 2.24) is 25.3 Å². The van der Waals surface area contributed by atoms with Crippen LogP contribution in [0.15, 0.2) is 55.0 Å². The first kappa shape index (κ1) is 21.7. The molecule has 1 saturated heterocycles. The number of carbonyl (C=O) groups excluding carboxylic acids is 1. The molecule has 1 aromatic carbocycles. The fourth-order valence-electron chi connectivity index (χ4n) is 4.73. The maximum Gasteiger partial charge on any atom is 0.309 e. The zero-order chi connectivity index (χ0) is 23.8. The number of H-pyrrole nitrogens is 1. The van der Waals surface area contributed by atoms with E-state index in [1.54, 1.807) is 6.33 Å². The van der Waals surface area contributed by atoms with Gasteiger partial charge in [0.05, 0.1) is 46.7 Å². The van der Waals surface area contributed by atoms with Crippen molar-refractivity contribution < 1.29 is 9.53 Å². The predicted molar refractivity (Wildman–Crippen MR) is 135 cm³/mol. The van der Waals surface area contributed by atoms with E-state index in [0.29, 0.717) is 5.92 Å². The molecule has 6 rings (SSSR count). The van der Waals surface area contributed by atoms with E-state index in [0.717, 1.165) is 77.4 Å².